The van der Waals surface area contributed by atoms with Gasteiger partial charge in [-0.15, -0.1) is 0 Å². The van der Waals surface area contributed by atoms with Crippen molar-refractivity contribution in [3.05, 3.63) is 29.1 Å². The van der Waals surface area contributed by atoms with Crippen molar-refractivity contribution < 1.29 is 37.0 Å². The fourth-order valence-electron chi connectivity index (χ4n) is 3.98. The first kappa shape index (κ1) is 25.7. The Morgan fingerprint density at radius 1 is 1.21 bits per heavy atom. The van der Waals surface area contributed by atoms with Crippen LogP contribution in [-0.4, -0.2) is 58.6 Å². The molecule has 3 rings (SSSR count). The molecule has 0 saturated carbocycles. The van der Waals surface area contributed by atoms with Crippen LogP contribution in [0.25, 0.3) is 0 Å². The molecule has 12 heteroatoms. The predicted molar refractivity (Wildman–Crippen MR) is 114 cm³/mol. The number of pyridine rings is 1. The number of primary amides is 1. The minimum absolute atomic E-state index is 0.0244. The number of nitrogens with zero attached hydrogens (tertiary/aromatic N) is 2. The Bertz CT molecular complexity index is 947. The minimum atomic E-state index is -4.69. The number of likely N-dealkylation sites (tertiary alicyclic amines) is 1. The highest BCUT2D eigenvalue weighted by molar-refractivity contribution is 6.00. The molecule has 2 saturated heterocycles. The van der Waals surface area contributed by atoms with Gasteiger partial charge in [-0.25, -0.2) is 9.78 Å². The van der Waals surface area contributed by atoms with Crippen LogP contribution >= 0.6 is 0 Å². The van der Waals surface area contributed by atoms with Crippen molar-refractivity contribution in [2.24, 2.45) is 5.73 Å². The van der Waals surface area contributed by atoms with E-state index in [0.29, 0.717) is 19.4 Å². The van der Waals surface area contributed by atoms with E-state index in [-0.39, 0.29) is 37.2 Å². The van der Waals surface area contributed by atoms with Gasteiger partial charge in [0, 0.05) is 19.7 Å². The number of nitrogens with one attached hydrogen (secondary N) is 1. The Kier molecular flexibility index (Phi) is 7.11. The zero-order valence-corrected chi connectivity index (χ0v) is 19.3. The van der Waals surface area contributed by atoms with Crippen molar-refractivity contribution >= 4 is 17.9 Å². The molecule has 0 radical (unpaired) electrons. The van der Waals surface area contributed by atoms with E-state index in [1.54, 1.807) is 20.8 Å². The lowest BCUT2D eigenvalue weighted by molar-refractivity contribution is -0.141. The monoisotopic (exact) mass is 486 g/mol. The molecule has 34 heavy (non-hydrogen) atoms. The number of rotatable bonds is 4. The number of amides is 3. The van der Waals surface area contributed by atoms with Crippen LogP contribution in [0.1, 0.15) is 74.3 Å². The Labute approximate surface area is 195 Å². The van der Waals surface area contributed by atoms with Crippen LogP contribution in [0, 0.1) is 0 Å². The molecule has 1 aromatic heterocycles. The molecule has 2 aliphatic rings. The first-order valence-electron chi connectivity index (χ1n) is 11.0. The number of halogens is 3. The second kappa shape index (κ2) is 9.40. The maximum atomic E-state index is 13.2. The van der Waals surface area contributed by atoms with E-state index in [0.717, 1.165) is 12.1 Å². The summed E-state index contributed by atoms with van der Waals surface area (Å²) in [6, 6.07) is 1.75. The number of nitrogens with two attached hydrogens (primary N) is 1. The number of piperidine rings is 1. The number of hydrogen-bond donors (Lipinski definition) is 2. The van der Waals surface area contributed by atoms with Crippen LogP contribution < -0.4 is 11.1 Å². The number of carbonyl (C=O) groups is 3. The van der Waals surface area contributed by atoms with Crippen molar-refractivity contribution in [1.29, 1.82) is 0 Å². The molecule has 0 aromatic carbocycles. The van der Waals surface area contributed by atoms with E-state index < -0.39 is 47.0 Å². The Morgan fingerprint density at radius 3 is 2.35 bits per heavy atom. The molecule has 2 fully saturated rings. The van der Waals surface area contributed by atoms with Crippen molar-refractivity contribution in [1.82, 2.24) is 15.2 Å². The van der Waals surface area contributed by atoms with E-state index in [4.69, 9.17) is 15.2 Å². The quantitative estimate of drug-likeness (QED) is 0.675. The lowest BCUT2D eigenvalue weighted by Crippen LogP contribution is -2.63. The number of alkyl halides is 3. The van der Waals surface area contributed by atoms with Gasteiger partial charge in [0.25, 0.3) is 5.91 Å². The summed E-state index contributed by atoms with van der Waals surface area (Å²) in [7, 11) is 0. The van der Waals surface area contributed by atoms with Crippen molar-refractivity contribution in [2.45, 2.75) is 69.9 Å². The lowest BCUT2D eigenvalue weighted by Gasteiger charge is -2.40. The van der Waals surface area contributed by atoms with Gasteiger partial charge in [0.15, 0.2) is 0 Å². The summed E-state index contributed by atoms with van der Waals surface area (Å²) in [6.07, 6.45) is -4.92. The summed E-state index contributed by atoms with van der Waals surface area (Å²) >= 11 is 0. The van der Waals surface area contributed by atoms with Crippen molar-refractivity contribution in [3.8, 4) is 0 Å². The van der Waals surface area contributed by atoms with E-state index in [2.05, 4.69) is 10.3 Å². The Balaban J connectivity index is 1.81. The van der Waals surface area contributed by atoms with Crippen LogP contribution in [0.5, 0.6) is 0 Å². The Hall–Kier alpha value is -2.89. The van der Waals surface area contributed by atoms with Gasteiger partial charge in [-0.3, -0.25) is 9.59 Å². The maximum absolute atomic E-state index is 13.2. The fraction of sp³-hybridized carbons (Fsp3) is 0.636. The second-order valence-corrected chi connectivity index (χ2v) is 9.50. The van der Waals surface area contributed by atoms with Gasteiger partial charge in [-0.05, 0) is 58.6 Å². The third kappa shape index (κ3) is 5.78. The average Bonchev–Trinajstić information content (AvgIpc) is 3.26. The zero-order chi connectivity index (χ0) is 25.3. The molecule has 1 atom stereocenters. The minimum Gasteiger partial charge on any atom is -0.444 e. The number of carbonyl (C=O) groups excluding carboxylic acids is 3. The highest BCUT2D eigenvalue weighted by Crippen LogP contribution is 2.34. The van der Waals surface area contributed by atoms with Gasteiger partial charge in [0.1, 0.15) is 22.9 Å². The van der Waals surface area contributed by atoms with Crippen molar-refractivity contribution in [3.63, 3.8) is 0 Å². The first-order valence-corrected chi connectivity index (χ1v) is 11.0. The van der Waals surface area contributed by atoms with E-state index in [9.17, 15) is 27.6 Å². The molecule has 188 valence electrons. The zero-order valence-electron chi connectivity index (χ0n) is 19.3. The van der Waals surface area contributed by atoms with E-state index in [1.807, 2.05) is 0 Å². The fourth-order valence-corrected chi connectivity index (χ4v) is 3.98. The van der Waals surface area contributed by atoms with Crippen LogP contribution in [0.15, 0.2) is 12.1 Å². The van der Waals surface area contributed by atoms with Crippen LogP contribution in [0.4, 0.5) is 18.0 Å². The summed E-state index contributed by atoms with van der Waals surface area (Å²) < 4.78 is 50.5. The highest BCUT2D eigenvalue weighted by Gasteiger charge is 2.44. The van der Waals surface area contributed by atoms with Gasteiger partial charge in [0.2, 0.25) is 5.91 Å². The van der Waals surface area contributed by atoms with E-state index >= 15 is 0 Å². The molecule has 1 aromatic rings. The highest BCUT2D eigenvalue weighted by atomic mass is 19.4. The summed E-state index contributed by atoms with van der Waals surface area (Å²) in [5, 5.41) is 2.61. The normalized spacial score (nSPS) is 20.6. The number of aromatic nitrogens is 1. The third-order valence-corrected chi connectivity index (χ3v) is 5.79. The van der Waals surface area contributed by atoms with Crippen molar-refractivity contribution in [2.75, 3.05) is 19.7 Å². The van der Waals surface area contributed by atoms with Gasteiger partial charge in [-0.1, -0.05) is 0 Å². The Morgan fingerprint density at radius 2 is 1.85 bits per heavy atom. The number of ether oxygens (including phenoxy) is 2. The van der Waals surface area contributed by atoms with Gasteiger partial charge >= 0.3 is 12.3 Å². The molecule has 2 aliphatic heterocycles. The third-order valence-electron chi connectivity index (χ3n) is 5.79. The summed E-state index contributed by atoms with van der Waals surface area (Å²) in [5.74, 6) is -1.58. The second-order valence-electron chi connectivity index (χ2n) is 9.50. The predicted octanol–water partition coefficient (Wildman–Crippen LogP) is 2.94. The first-order chi connectivity index (χ1) is 15.7. The molecular formula is C22H29F3N4O5. The molecule has 0 bridgehead atoms. The van der Waals surface area contributed by atoms with Crippen LogP contribution in [0.3, 0.4) is 0 Å². The smallest absolute Gasteiger partial charge is 0.433 e. The van der Waals surface area contributed by atoms with E-state index in [1.165, 1.54) is 4.90 Å². The molecule has 3 amide bonds. The molecule has 3 heterocycles. The molecule has 3 N–H and O–H groups in total. The molecule has 9 nitrogen and oxygen atoms in total. The number of hydrogen-bond acceptors (Lipinski definition) is 6. The summed E-state index contributed by atoms with van der Waals surface area (Å²) in [6.45, 7) is 5.73. The topological polar surface area (TPSA) is 124 Å². The van der Waals surface area contributed by atoms with Gasteiger partial charge < -0.3 is 25.4 Å². The SMILES string of the molecule is CC(C)(C)OC(=O)N1CCC(NC(=O)c2ccc(C(F)(F)F)nc2C2CCCO2)(C(N)=O)CC1. The van der Waals surface area contributed by atoms with Gasteiger partial charge in [-0.2, -0.15) is 13.2 Å². The lowest BCUT2D eigenvalue weighted by atomic mass is 9.86. The molecule has 0 aliphatic carbocycles. The molecule has 1 unspecified atom stereocenters. The molecular weight excluding hydrogens is 457 g/mol. The maximum Gasteiger partial charge on any atom is 0.433 e. The summed E-state index contributed by atoms with van der Waals surface area (Å²) in [4.78, 5) is 42.9. The van der Waals surface area contributed by atoms with Crippen LogP contribution in [-0.2, 0) is 20.4 Å². The molecule has 0 spiro atoms. The summed E-state index contributed by atoms with van der Waals surface area (Å²) in [5.41, 5.74) is 2.06. The largest absolute Gasteiger partial charge is 0.444 e. The average molecular weight is 486 g/mol. The standard InChI is InChI=1S/C22H29F3N4O5/c1-20(2,3)34-19(32)29-10-8-21(9-11-29,18(26)31)28-17(30)13-6-7-15(22(23,24)25)27-16(13)14-5-4-12-33-14/h6-7,14H,4-5,8-12H2,1-3H3,(H2,26,31)(H,28,30). The van der Waals surface area contributed by atoms with Gasteiger partial charge in [0.05, 0.1) is 11.3 Å². The van der Waals surface area contributed by atoms with Crippen LogP contribution in [0.2, 0.25) is 0 Å².